The van der Waals surface area contributed by atoms with Gasteiger partial charge in [0.25, 0.3) is 5.69 Å². The van der Waals surface area contributed by atoms with Gasteiger partial charge in [0.15, 0.2) is 8.29 Å². The van der Waals surface area contributed by atoms with Crippen molar-refractivity contribution < 1.29 is 4.92 Å². The molecular formula is C16H13N3O2S3. The summed E-state index contributed by atoms with van der Waals surface area (Å²) in [6, 6.07) is 16.4. The Balaban J connectivity index is 1.83. The highest BCUT2D eigenvalue weighted by atomic mass is 32.2. The first kappa shape index (κ1) is 16.8. The van der Waals surface area contributed by atoms with Crippen LogP contribution in [-0.4, -0.2) is 14.7 Å². The Labute approximate surface area is 152 Å². The quantitative estimate of drug-likeness (QED) is 0.258. The fourth-order valence-electron chi connectivity index (χ4n) is 2.15. The lowest BCUT2D eigenvalue weighted by atomic mass is 10.1. The van der Waals surface area contributed by atoms with Gasteiger partial charge in [-0.05, 0) is 36.8 Å². The zero-order valence-corrected chi connectivity index (χ0v) is 15.1. The monoisotopic (exact) mass is 375 g/mol. The van der Waals surface area contributed by atoms with Crippen LogP contribution < -0.4 is 0 Å². The number of nitro benzene ring substituents is 1. The summed E-state index contributed by atoms with van der Waals surface area (Å²) < 4.78 is 3.25. The Morgan fingerprint density at radius 3 is 2.71 bits per heavy atom. The van der Waals surface area contributed by atoms with Crippen LogP contribution in [-0.2, 0) is 0 Å². The van der Waals surface area contributed by atoms with Gasteiger partial charge in [-0.25, -0.2) is 4.68 Å². The van der Waals surface area contributed by atoms with Crippen LogP contribution >= 0.6 is 35.3 Å². The smallest absolute Gasteiger partial charge is 0.258 e. The number of nitro groups is 1. The minimum atomic E-state index is -0.380. The van der Waals surface area contributed by atoms with E-state index in [1.807, 2.05) is 43.3 Å². The van der Waals surface area contributed by atoms with Crippen molar-refractivity contribution in [3.05, 3.63) is 74.2 Å². The average Bonchev–Trinajstić information content (AvgIpc) is 2.96. The van der Waals surface area contributed by atoms with E-state index in [4.69, 9.17) is 12.2 Å². The van der Waals surface area contributed by atoms with Crippen LogP contribution in [0.4, 0.5) is 5.69 Å². The second kappa shape index (κ2) is 7.25. The summed E-state index contributed by atoms with van der Waals surface area (Å²) in [5, 5.41) is 15.5. The van der Waals surface area contributed by atoms with E-state index in [2.05, 4.69) is 5.10 Å². The SMILES string of the molecule is C[C@@H](Sc1nn(-c2ccccc2)c(=S)s1)c1cccc([N+](=O)[O-])c1. The Morgan fingerprint density at radius 1 is 1.25 bits per heavy atom. The minimum Gasteiger partial charge on any atom is -0.258 e. The van der Waals surface area contributed by atoms with Gasteiger partial charge in [0.05, 0.1) is 10.6 Å². The summed E-state index contributed by atoms with van der Waals surface area (Å²) in [4.78, 5) is 10.5. The fraction of sp³-hybridized carbons (Fsp3) is 0.125. The van der Waals surface area contributed by atoms with E-state index in [9.17, 15) is 10.1 Å². The highest BCUT2D eigenvalue weighted by Crippen LogP contribution is 2.37. The molecule has 0 aliphatic carbocycles. The van der Waals surface area contributed by atoms with Gasteiger partial charge in [-0.3, -0.25) is 10.1 Å². The molecule has 5 nitrogen and oxygen atoms in total. The molecule has 0 aliphatic heterocycles. The van der Waals surface area contributed by atoms with Gasteiger partial charge in [0.1, 0.15) is 0 Å². The predicted molar refractivity (Wildman–Crippen MR) is 99.6 cm³/mol. The summed E-state index contributed by atoms with van der Waals surface area (Å²) >= 11 is 8.38. The zero-order valence-electron chi connectivity index (χ0n) is 12.7. The van der Waals surface area contributed by atoms with Crippen molar-refractivity contribution in [2.24, 2.45) is 0 Å². The van der Waals surface area contributed by atoms with Crippen molar-refractivity contribution in [1.29, 1.82) is 0 Å². The number of benzene rings is 2. The molecule has 3 rings (SSSR count). The molecule has 2 aromatic carbocycles. The van der Waals surface area contributed by atoms with E-state index in [1.54, 1.807) is 28.6 Å². The third kappa shape index (κ3) is 3.72. The standard InChI is InChI=1S/C16H13N3O2S3/c1-11(12-6-5-9-14(10-12)19(20)21)23-15-17-18(16(22)24-15)13-7-3-2-4-8-13/h2-11H,1H3/t11-/m1/s1. The number of nitrogens with zero attached hydrogens (tertiary/aromatic N) is 3. The summed E-state index contributed by atoms with van der Waals surface area (Å²) in [7, 11) is 0. The second-order valence-corrected chi connectivity index (χ2v) is 8.20. The zero-order chi connectivity index (χ0) is 17.1. The van der Waals surface area contributed by atoms with E-state index in [1.165, 1.54) is 17.4 Å². The summed E-state index contributed by atoms with van der Waals surface area (Å²) in [5.74, 6) is 0. The molecule has 0 unspecified atom stereocenters. The molecule has 1 heterocycles. The molecule has 0 N–H and O–H groups in total. The van der Waals surface area contributed by atoms with Crippen LogP contribution in [0.2, 0.25) is 0 Å². The van der Waals surface area contributed by atoms with Gasteiger partial charge in [0.2, 0.25) is 0 Å². The summed E-state index contributed by atoms with van der Waals surface area (Å²) in [6.45, 7) is 2.00. The first-order valence-corrected chi connectivity index (χ1v) is 9.21. The molecule has 0 saturated heterocycles. The highest BCUT2D eigenvalue weighted by molar-refractivity contribution is 8.01. The van der Waals surface area contributed by atoms with E-state index in [-0.39, 0.29) is 15.9 Å². The molecule has 0 spiro atoms. The van der Waals surface area contributed by atoms with Crippen molar-refractivity contribution in [3.8, 4) is 5.69 Å². The van der Waals surface area contributed by atoms with Gasteiger partial charge in [0, 0.05) is 17.4 Å². The van der Waals surface area contributed by atoms with Crippen LogP contribution in [0, 0.1) is 14.1 Å². The van der Waals surface area contributed by atoms with Gasteiger partial charge in [-0.15, -0.1) is 5.10 Å². The lowest BCUT2D eigenvalue weighted by Crippen LogP contribution is -1.96. The van der Waals surface area contributed by atoms with Crippen molar-refractivity contribution in [2.45, 2.75) is 16.5 Å². The summed E-state index contributed by atoms with van der Waals surface area (Å²) in [6.07, 6.45) is 0. The van der Waals surface area contributed by atoms with Crippen LogP contribution in [0.15, 0.2) is 58.9 Å². The van der Waals surface area contributed by atoms with E-state index < -0.39 is 0 Å². The Bertz CT molecular complexity index is 922. The maximum Gasteiger partial charge on any atom is 0.269 e. The molecule has 0 fully saturated rings. The molecule has 122 valence electrons. The molecule has 24 heavy (non-hydrogen) atoms. The van der Waals surface area contributed by atoms with Crippen LogP contribution in [0.5, 0.6) is 0 Å². The molecule has 0 radical (unpaired) electrons. The summed E-state index contributed by atoms with van der Waals surface area (Å²) in [5.41, 5.74) is 1.91. The minimum absolute atomic E-state index is 0.0367. The second-order valence-electron chi connectivity index (χ2n) is 4.99. The topological polar surface area (TPSA) is 61.0 Å². The van der Waals surface area contributed by atoms with Gasteiger partial charge in [-0.2, -0.15) is 0 Å². The Kier molecular flexibility index (Phi) is 5.08. The van der Waals surface area contributed by atoms with E-state index >= 15 is 0 Å². The van der Waals surface area contributed by atoms with Gasteiger partial charge >= 0.3 is 0 Å². The van der Waals surface area contributed by atoms with Crippen molar-refractivity contribution in [3.63, 3.8) is 0 Å². The van der Waals surface area contributed by atoms with Crippen LogP contribution in [0.3, 0.4) is 0 Å². The molecule has 0 saturated carbocycles. The van der Waals surface area contributed by atoms with Crippen molar-refractivity contribution >= 4 is 41.0 Å². The molecule has 1 aromatic heterocycles. The first-order valence-electron chi connectivity index (χ1n) is 7.11. The normalized spacial score (nSPS) is 12.0. The molecule has 0 amide bonds. The molecule has 0 aliphatic rings. The van der Waals surface area contributed by atoms with Crippen molar-refractivity contribution in [2.75, 3.05) is 0 Å². The number of aromatic nitrogens is 2. The molecule has 0 bridgehead atoms. The molecule has 1 atom stereocenters. The maximum absolute atomic E-state index is 10.9. The predicted octanol–water partition coefficient (Wildman–Crippen LogP) is 5.42. The molecule has 8 heteroatoms. The number of non-ortho nitro benzene ring substituents is 1. The number of rotatable bonds is 5. The largest absolute Gasteiger partial charge is 0.269 e. The van der Waals surface area contributed by atoms with Crippen LogP contribution in [0.1, 0.15) is 17.7 Å². The van der Waals surface area contributed by atoms with E-state index in [0.29, 0.717) is 3.95 Å². The number of hydrogen-bond acceptors (Lipinski definition) is 6. The Hall–Kier alpha value is -2.03. The number of para-hydroxylation sites is 1. The third-order valence-corrected chi connectivity index (χ3v) is 5.83. The number of hydrogen-bond donors (Lipinski definition) is 0. The molecular weight excluding hydrogens is 362 g/mol. The average molecular weight is 376 g/mol. The fourth-order valence-corrected chi connectivity index (χ4v) is 4.77. The third-order valence-electron chi connectivity index (χ3n) is 3.36. The van der Waals surface area contributed by atoms with Crippen molar-refractivity contribution in [1.82, 2.24) is 9.78 Å². The number of thioether (sulfide) groups is 1. The lowest BCUT2D eigenvalue weighted by molar-refractivity contribution is -0.384. The van der Waals surface area contributed by atoms with E-state index in [0.717, 1.165) is 15.6 Å². The molecule has 3 aromatic rings. The maximum atomic E-state index is 10.9. The highest BCUT2D eigenvalue weighted by Gasteiger charge is 2.15. The first-order chi connectivity index (χ1) is 11.5. The lowest BCUT2D eigenvalue weighted by Gasteiger charge is -2.08. The van der Waals surface area contributed by atoms with Gasteiger partial charge < -0.3 is 0 Å². The van der Waals surface area contributed by atoms with Gasteiger partial charge in [-0.1, -0.05) is 53.4 Å². The Morgan fingerprint density at radius 2 is 2.00 bits per heavy atom. The van der Waals surface area contributed by atoms with Crippen LogP contribution in [0.25, 0.3) is 5.69 Å².